The van der Waals surface area contributed by atoms with Crippen LogP contribution in [0.1, 0.15) is 25.8 Å². The largest absolute Gasteiger partial charge is 0.480 e. The number of carboxylic acids is 1. The highest BCUT2D eigenvalue weighted by Crippen LogP contribution is 2.15. The van der Waals surface area contributed by atoms with Gasteiger partial charge in [0.2, 0.25) is 5.91 Å². The molecular weight excluding hydrogens is 256 g/mol. The molecule has 0 saturated heterocycles. The van der Waals surface area contributed by atoms with E-state index in [0.717, 1.165) is 12.0 Å². The highest BCUT2D eigenvalue weighted by Gasteiger charge is 2.18. The molecule has 0 aromatic heterocycles. The maximum Gasteiger partial charge on any atom is 0.323 e. The number of carboxylic acid groups (broad SMARTS) is 1. The lowest BCUT2D eigenvalue weighted by Gasteiger charge is -2.22. The second-order valence-corrected chi connectivity index (χ2v) is 4.90. The number of hydrogen-bond acceptors (Lipinski definition) is 3. The van der Waals surface area contributed by atoms with Gasteiger partial charge in [-0.05, 0) is 32.4 Å². The average Bonchev–Trinajstić information content (AvgIpc) is 2.42. The molecule has 1 aromatic rings. The third-order valence-electron chi connectivity index (χ3n) is 3.15. The first kappa shape index (κ1) is 16.2. The fourth-order valence-corrected chi connectivity index (χ4v) is 1.68. The summed E-state index contributed by atoms with van der Waals surface area (Å²) >= 11 is 0. The highest BCUT2D eigenvalue weighted by atomic mass is 16.4. The summed E-state index contributed by atoms with van der Waals surface area (Å²) < 4.78 is 0. The lowest BCUT2D eigenvalue weighted by molar-refractivity contribution is -0.136. The minimum atomic E-state index is -1.03. The minimum absolute atomic E-state index is 0.135. The molecular formula is C15H22N2O3. The molecule has 1 aromatic carbocycles. The Hall–Kier alpha value is -1.88. The molecule has 0 spiro atoms. The van der Waals surface area contributed by atoms with E-state index in [-0.39, 0.29) is 25.0 Å². The Balaban J connectivity index is 2.80. The maximum atomic E-state index is 12.2. The van der Waals surface area contributed by atoms with E-state index in [2.05, 4.69) is 5.32 Å². The first-order valence-corrected chi connectivity index (χ1v) is 6.76. The molecule has 2 N–H and O–H groups in total. The molecule has 0 aliphatic carbocycles. The lowest BCUT2D eigenvalue weighted by Crippen LogP contribution is -2.43. The number of amides is 1. The lowest BCUT2D eigenvalue weighted by atomic mass is 10.2. The number of aryl methyl sites for hydroxylation is 1. The molecule has 1 amide bonds. The second kappa shape index (κ2) is 7.65. The molecule has 0 heterocycles. The Bertz CT molecular complexity index is 457. The van der Waals surface area contributed by atoms with Crippen LogP contribution in [0.5, 0.6) is 0 Å². The third kappa shape index (κ3) is 5.01. The molecule has 1 atom stereocenters. The van der Waals surface area contributed by atoms with Gasteiger partial charge in [-0.3, -0.25) is 9.59 Å². The van der Waals surface area contributed by atoms with Crippen molar-refractivity contribution in [3.8, 4) is 0 Å². The summed E-state index contributed by atoms with van der Waals surface area (Å²) in [6, 6.07) is 7.47. The molecule has 20 heavy (non-hydrogen) atoms. The molecule has 0 radical (unpaired) electrons. The summed E-state index contributed by atoms with van der Waals surface area (Å²) in [6.07, 6.45) is 0.913. The number of benzene rings is 1. The zero-order valence-corrected chi connectivity index (χ0v) is 12.2. The quantitative estimate of drug-likeness (QED) is 0.798. The zero-order valence-electron chi connectivity index (χ0n) is 12.2. The smallest absolute Gasteiger partial charge is 0.323 e. The third-order valence-corrected chi connectivity index (χ3v) is 3.15. The Morgan fingerprint density at radius 2 is 1.90 bits per heavy atom. The number of nitrogens with one attached hydrogen (secondary N) is 1. The standard InChI is InChI=1S/C15H22N2O3/c1-4-12(3)16-9-14(18)17(10-15(19)20)13-7-5-11(2)6-8-13/h5-8,12,16H,4,9-10H2,1-3H3,(H,19,20). The van der Waals surface area contributed by atoms with Gasteiger partial charge in [0.1, 0.15) is 6.54 Å². The second-order valence-electron chi connectivity index (χ2n) is 4.90. The molecule has 110 valence electrons. The highest BCUT2D eigenvalue weighted by molar-refractivity contribution is 5.98. The van der Waals surface area contributed by atoms with Crippen LogP contribution in [0.3, 0.4) is 0 Å². The van der Waals surface area contributed by atoms with E-state index in [4.69, 9.17) is 5.11 Å². The summed E-state index contributed by atoms with van der Waals surface area (Å²) in [5.41, 5.74) is 1.67. The van der Waals surface area contributed by atoms with Crippen LogP contribution in [0.15, 0.2) is 24.3 Å². The number of anilines is 1. The monoisotopic (exact) mass is 278 g/mol. The van der Waals surface area contributed by atoms with Crippen LogP contribution in [-0.2, 0) is 9.59 Å². The number of hydrogen-bond donors (Lipinski definition) is 2. The molecule has 5 heteroatoms. The number of aliphatic carboxylic acids is 1. The van der Waals surface area contributed by atoms with Crippen molar-refractivity contribution in [2.24, 2.45) is 0 Å². The van der Waals surface area contributed by atoms with Crippen molar-refractivity contribution in [3.63, 3.8) is 0 Å². The Labute approximate surface area is 119 Å². The van der Waals surface area contributed by atoms with Gasteiger partial charge in [-0.15, -0.1) is 0 Å². The number of nitrogens with zero attached hydrogens (tertiary/aromatic N) is 1. The van der Waals surface area contributed by atoms with Crippen molar-refractivity contribution in [1.29, 1.82) is 0 Å². The zero-order chi connectivity index (χ0) is 15.1. The van der Waals surface area contributed by atoms with Crippen molar-refractivity contribution >= 4 is 17.6 Å². The minimum Gasteiger partial charge on any atom is -0.480 e. The Kier molecular flexibility index (Phi) is 6.18. The molecule has 0 aliphatic heterocycles. The van der Waals surface area contributed by atoms with E-state index < -0.39 is 5.97 Å². The van der Waals surface area contributed by atoms with Gasteiger partial charge in [-0.25, -0.2) is 0 Å². The van der Waals surface area contributed by atoms with Crippen LogP contribution in [0.4, 0.5) is 5.69 Å². The van der Waals surface area contributed by atoms with Crippen LogP contribution in [0, 0.1) is 6.92 Å². The molecule has 0 saturated carbocycles. The molecule has 1 unspecified atom stereocenters. The molecule has 5 nitrogen and oxygen atoms in total. The van der Waals surface area contributed by atoms with Gasteiger partial charge < -0.3 is 15.3 Å². The number of carbonyl (C=O) groups excluding carboxylic acids is 1. The van der Waals surface area contributed by atoms with E-state index in [9.17, 15) is 9.59 Å². The van der Waals surface area contributed by atoms with Crippen molar-refractivity contribution in [2.75, 3.05) is 18.0 Å². The number of carbonyl (C=O) groups is 2. The first-order valence-electron chi connectivity index (χ1n) is 6.76. The van der Waals surface area contributed by atoms with Crippen molar-refractivity contribution in [1.82, 2.24) is 5.32 Å². The van der Waals surface area contributed by atoms with Gasteiger partial charge in [-0.1, -0.05) is 24.6 Å². The van der Waals surface area contributed by atoms with Gasteiger partial charge in [0, 0.05) is 11.7 Å². The van der Waals surface area contributed by atoms with Gasteiger partial charge in [0.05, 0.1) is 6.54 Å². The summed E-state index contributed by atoms with van der Waals surface area (Å²) in [7, 11) is 0. The average molecular weight is 278 g/mol. The molecule has 1 rings (SSSR count). The van der Waals surface area contributed by atoms with Gasteiger partial charge in [0.15, 0.2) is 0 Å². The van der Waals surface area contributed by atoms with E-state index >= 15 is 0 Å². The SMILES string of the molecule is CCC(C)NCC(=O)N(CC(=O)O)c1ccc(C)cc1. The van der Waals surface area contributed by atoms with E-state index in [0.29, 0.717) is 5.69 Å². The molecule has 0 aliphatic rings. The summed E-state index contributed by atoms with van der Waals surface area (Å²) in [5, 5.41) is 12.0. The fourth-order valence-electron chi connectivity index (χ4n) is 1.68. The van der Waals surface area contributed by atoms with Crippen LogP contribution >= 0.6 is 0 Å². The Morgan fingerprint density at radius 1 is 1.30 bits per heavy atom. The number of rotatable bonds is 7. The van der Waals surface area contributed by atoms with Crippen molar-refractivity contribution in [3.05, 3.63) is 29.8 Å². The van der Waals surface area contributed by atoms with Crippen LogP contribution in [-0.4, -0.2) is 36.1 Å². The topological polar surface area (TPSA) is 69.6 Å². The maximum absolute atomic E-state index is 12.2. The van der Waals surface area contributed by atoms with Gasteiger partial charge in [0.25, 0.3) is 0 Å². The van der Waals surface area contributed by atoms with Gasteiger partial charge >= 0.3 is 5.97 Å². The van der Waals surface area contributed by atoms with Crippen molar-refractivity contribution < 1.29 is 14.7 Å². The summed E-state index contributed by atoms with van der Waals surface area (Å²) in [5.74, 6) is -1.26. The van der Waals surface area contributed by atoms with Crippen molar-refractivity contribution in [2.45, 2.75) is 33.2 Å². The first-order chi connectivity index (χ1) is 9.43. The predicted molar refractivity (Wildman–Crippen MR) is 78.9 cm³/mol. The van der Waals surface area contributed by atoms with Gasteiger partial charge in [-0.2, -0.15) is 0 Å². The molecule has 0 bridgehead atoms. The van der Waals surface area contributed by atoms with Crippen LogP contribution < -0.4 is 10.2 Å². The fraction of sp³-hybridized carbons (Fsp3) is 0.467. The Morgan fingerprint density at radius 3 is 2.40 bits per heavy atom. The van der Waals surface area contributed by atoms with E-state index in [1.165, 1.54) is 4.90 Å². The van der Waals surface area contributed by atoms with E-state index in [1.54, 1.807) is 12.1 Å². The molecule has 0 fully saturated rings. The summed E-state index contributed by atoms with van der Waals surface area (Å²) in [6.45, 7) is 5.76. The van der Waals surface area contributed by atoms with E-state index in [1.807, 2.05) is 32.9 Å². The van der Waals surface area contributed by atoms with Crippen LogP contribution in [0.25, 0.3) is 0 Å². The normalized spacial score (nSPS) is 11.9. The van der Waals surface area contributed by atoms with Crippen LogP contribution in [0.2, 0.25) is 0 Å². The summed E-state index contributed by atoms with van der Waals surface area (Å²) in [4.78, 5) is 24.4. The predicted octanol–water partition coefficient (Wildman–Crippen LogP) is 1.80.